The van der Waals surface area contributed by atoms with Crippen LogP contribution in [0.25, 0.3) is 21.3 Å². The largest absolute Gasteiger partial charge is 0.528 e. The first-order valence-corrected chi connectivity index (χ1v) is 9.17. The van der Waals surface area contributed by atoms with Crippen molar-refractivity contribution in [2.45, 2.75) is 0 Å². The van der Waals surface area contributed by atoms with Crippen LogP contribution in [0.4, 0.5) is 0 Å². The van der Waals surface area contributed by atoms with Gasteiger partial charge >= 0.3 is 5.82 Å². The predicted octanol–water partition coefficient (Wildman–Crippen LogP) is 4.30. The van der Waals surface area contributed by atoms with Gasteiger partial charge in [0.25, 0.3) is 0 Å². The lowest BCUT2D eigenvalue weighted by Gasteiger charge is -2.04. The zero-order valence-corrected chi connectivity index (χ0v) is 15.9. The third-order valence-electron chi connectivity index (χ3n) is 4.43. The third-order valence-corrected chi connectivity index (χ3v) is 4.75. The lowest BCUT2D eigenvalue weighted by Crippen LogP contribution is -2.13. The van der Waals surface area contributed by atoms with Gasteiger partial charge in [0, 0.05) is 21.4 Å². The molecule has 3 aromatic rings. The minimum absolute atomic E-state index is 0.0556. The predicted molar refractivity (Wildman–Crippen MR) is 117 cm³/mol. The third kappa shape index (κ3) is 3.58. The van der Waals surface area contributed by atoms with Crippen molar-refractivity contribution in [3.05, 3.63) is 128 Å². The van der Waals surface area contributed by atoms with Gasteiger partial charge in [0.2, 0.25) is 0 Å². The van der Waals surface area contributed by atoms with Gasteiger partial charge in [0.15, 0.2) is 5.82 Å². The number of benzene rings is 3. The Hall–Kier alpha value is -3.99. The molecule has 0 aromatic heterocycles. The Balaban J connectivity index is 1.96. The first-order chi connectivity index (χ1) is 14.2. The Kier molecular flexibility index (Phi) is 5.03. The minimum atomic E-state index is -0.0556. The van der Waals surface area contributed by atoms with E-state index < -0.39 is 0 Å². The van der Waals surface area contributed by atoms with Crippen molar-refractivity contribution < 1.29 is 0 Å². The average molecular weight is 393 g/mol. The highest BCUT2D eigenvalue weighted by molar-refractivity contribution is 6.56. The standard InChI is InChI=1S/C24H13ClN4/c1-26-24(27-2)19-14-13-18(15-20(19)25)23-28-21(16-9-5-3-6-10-16)22(29-23)17-11-7-4-8-12-17/h3-15H. The molecular weight excluding hydrogens is 380 g/mol. The fourth-order valence-corrected chi connectivity index (χ4v) is 3.31. The summed E-state index contributed by atoms with van der Waals surface area (Å²) >= 11 is 6.35. The summed E-state index contributed by atoms with van der Waals surface area (Å²) in [5.74, 6) is 0.489. The van der Waals surface area contributed by atoms with E-state index in [0.29, 0.717) is 16.1 Å². The molecular formula is C24H13ClN4. The Morgan fingerprint density at radius 1 is 0.724 bits per heavy atom. The molecule has 136 valence electrons. The van der Waals surface area contributed by atoms with Crippen LogP contribution in [0.1, 0.15) is 11.1 Å². The highest BCUT2D eigenvalue weighted by atomic mass is 35.5. The van der Waals surface area contributed by atoms with Crippen molar-refractivity contribution in [2.75, 3.05) is 0 Å². The molecule has 3 aromatic carbocycles. The lowest BCUT2D eigenvalue weighted by atomic mass is 10.0. The quantitative estimate of drug-likeness (QED) is 0.583. The SMILES string of the molecule is [C-]#[N+]C([N+]#[C-])=c1ccc(=C2N=C(c3ccccc3)C(c3ccccc3)=N2)cc1Cl. The molecule has 0 radical (unpaired) electrons. The van der Waals surface area contributed by atoms with Gasteiger partial charge in [-0.2, -0.15) is 9.69 Å². The smallest absolute Gasteiger partial charge is 0.226 e. The summed E-state index contributed by atoms with van der Waals surface area (Å²) in [5, 5.41) is 1.47. The number of hydrogen-bond acceptors (Lipinski definition) is 2. The Bertz CT molecular complexity index is 1280. The van der Waals surface area contributed by atoms with E-state index in [4.69, 9.17) is 34.7 Å². The fraction of sp³-hybridized carbons (Fsp3) is 0. The summed E-state index contributed by atoms with van der Waals surface area (Å²) in [4.78, 5) is 16.0. The maximum absolute atomic E-state index is 7.12. The molecule has 0 aliphatic carbocycles. The molecule has 4 nitrogen and oxygen atoms in total. The van der Waals surface area contributed by atoms with Crippen LogP contribution in [0, 0.1) is 13.1 Å². The summed E-state index contributed by atoms with van der Waals surface area (Å²) in [6.07, 6.45) is 0. The molecule has 0 amide bonds. The van der Waals surface area contributed by atoms with Gasteiger partial charge in [-0.25, -0.2) is 9.98 Å². The molecule has 0 N–H and O–H groups in total. The highest BCUT2D eigenvalue weighted by Crippen LogP contribution is 2.20. The van der Waals surface area contributed by atoms with Gasteiger partial charge in [0.05, 0.1) is 16.6 Å². The summed E-state index contributed by atoms with van der Waals surface area (Å²) in [6, 6.07) is 25.0. The Labute approximate surface area is 173 Å². The zero-order chi connectivity index (χ0) is 20.2. The molecule has 29 heavy (non-hydrogen) atoms. The van der Waals surface area contributed by atoms with E-state index in [1.54, 1.807) is 18.2 Å². The molecule has 0 spiro atoms. The van der Waals surface area contributed by atoms with E-state index >= 15 is 0 Å². The number of nitrogens with zero attached hydrogens (tertiary/aromatic N) is 4. The number of rotatable bonds is 2. The van der Waals surface area contributed by atoms with E-state index in [9.17, 15) is 0 Å². The molecule has 0 atom stereocenters. The van der Waals surface area contributed by atoms with Crippen LogP contribution in [0.3, 0.4) is 0 Å². The van der Waals surface area contributed by atoms with Crippen molar-refractivity contribution in [2.24, 2.45) is 9.98 Å². The Morgan fingerprint density at radius 3 is 1.69 bits per heavy atom. The van der Waals surface area contributed by atoms with E-state index in [1.807, 2.05) is 60.7 Å². The average Bonchev–Trinajstić information content (AvgIpc) is 3.22. The highest BCUT2D eigenvalue weighted by Gasteiger charge is 2.21. The molecule has 1 aliphatic rings. The summed E-state index contributed by atoms with van der Waals surface area (Å²) in [6.45, 7) is 14.2. The Morgan fingerprint density at radius 2 is 1.24 bits per heavy atom. The van der Waals surface area contributed by atoms with Crippen LogP contribution in [-0.4, -0.2) is 11.4 Å². The topological polar surface area (TPSA) is 33.4 Å². The first-order valence-electron chi connectivity index (χ1n) is 8.79. The second-order valence-electron chi connectivity index (χ2n) is 6.22. The molecule has 0 bridgehead atoms. The zero-order valence-electron chi connectivity index (χ0n) is 15.2. The summed E-state index contributed by atoms with van der Waals surface area (Å²) < 4.78 is 0. The van der Waals surface area contributed by atoms with Crippen molar-refractivity contribution in [3.8, 4) is 0 Å². The fourth-order valence-electron chi connectivity index (χ4n) is 3.05. The van der Waals surface area contributed by atoms with Crippen LogP contribution in [0.2, 0.25) is 5.02 Å². The molecule has 0 fully saturated rings. The number of aliphatic imine (C=N–C) groups is 2. The second-order valence-corrected chi connectivity index (χ2v) is 6.63. The van der Waals surface area contributed by atoms with Gasteiger partial charge in [-0.15, -0.1) is 0 Å². The number of hydrogen-bond donors (Lipinski definition) is 0. The molecule has 1 heterocycles. The van der Waals surface area contributed by atoms with Crippen molar-refractivity contribution >= 4 is 34.7 Å². The van der Waals surface area contributed by atoms with E-state index in [0.717, 1.165) is 27.8 Å². The maximum Gasteiger partial charge on any atom is 0.528 e. The van der Waals surface area contributed by atoms with Crippen molar-refractivity contribution in [3.63, 3.8) is 0 Å². The van der Waals surface area contributed by atoms with E-state index in [2.05, 4.69) is 9.69 Å². The van der Waals surface area contributed by atoms with Crippen LogP contribution in [0.5, 0.6) is 0 Å². The molecule has 5 heteroatoms. The second kappa shape index (κ2) is 7.94. The van der Waals surface area contributed by atoms with Gasteiger partial charge in [0.1, 0.15) is 13.1 Å². The monoisotopic (exact) mass is 392 g/mol. The van der Waals surface area contributed by atoms with Gasteiger partial charge < -0.3 is 0 Å². The van der Waals surface area contributed by atoms with Gasteiger partial charge in [-0.3, -0.25) is 0 Å². The van der Waals surface area contributed by atoms with Crippen LogP contribution in [-0.2, 0) is 0 Å². The molecule has 0 unspecified atom stereocenters. The van der Waals surface area contributed by atoms with Crippen LogP contribution in [0.15, 0.2) is 88.8 Å². The maximum atomic E-state index is 7.12. The van der Waals surface area contributed by atoms with Crippen molar-refractivity contribution in [1.29, 1.82) is 0 Å². The number of halogens is 1. The lowest BCUT2D eigenvalue weighted by molar-refractivity contribution is 1.40. The molecule has 0 saturated carbocycles. The molecule has 1 aliphatic heterocycles. The van der Waals surface area contributed by atoms with E-state index in [1.165, 1.54) is 0 Å². The minimum Gasteiger partial charge on any atom is -0.226 e. The van der Waals surface area contributed by atoms with E-state index in [-0.39, 0.29) is 5.82 Å². The molecule has 4 rings (SSSR count). The van der Waals surface area contributed by atoms with Gasteiger partial charge in [-0.05, 0) is 6.07 Å². The van der Waals surface area contributed by atoms with Gasteiger partial charge in [-0.1, -0.05) is 84.4 Å². The molecule has 0 saturated heterocycles. The normalized spacial score (nSPS) is 12.6. The van der Waals surface area contributed by atoms with Crippen LogP contribution < -0.4 is 10.4 Å². The van der Waals surface area contributed by atoms with Crippen LogP contribution >= 0.6 is 11.6 Å². The summed E-state index contributed by atoms with van der Waals surface area (Å²) in [5.41, 5.74) is 3.54. The first kappa shape index (κ1) is 18.4. The van der Waals surface area contributed by atoms with Crippen molar-refractivity contribution in [1.82, 2.24) is 0 Å². The summed E-state index contributed by atoms with van der Waals surface area (Å²) in [7, 11) is 0.